The summed E-state index contributed by atoms with van der Waals surface area (Å²) in [4.78, 5) is 4.47. The fraction of sp³-hybridized carbons (Fsp3) is 0.312. The standard InChI is InChI=1S/C16H18N2OS/c1-11(17-8-7-14-10-20-12(2)18-14)16-9-13-5-3-4-6-15(13)19-16/h3-6,9-11,17H,7-8H2,1-2H3. The monoisotopic (exact) mass is 286 g/mol. The Hall–Kier alpha value is -1.65. The fourth-order valence-corrected chi connectivity index (χ4v) is 2.90. The molecule has 0 bridgehead atoms. The molecule has 0 saturated carbocycles. The van der Waals surface area contributed by atoms with E-state index in [1.807, 2.05) is 25.1 Å². The van der Waals surface area contributed by atoms with Gasteiger partial charge in [0.15, 0.2) is 0 Å². The topological polar surface area (TPSA) is 38.1 Å². The van der Waals surface area contributed by atoms with Gasteiger partial charge in [-0.3, -0.25) is 0 Å². The van der Waals surface area contributed by atoms with Crippen LogP contribution in [0.2, 0.25) is 0 Å². The molecule has 2 aromatic heterocycles. The predicted octanol–water partition coefficient (Wildman–Crippen LogP) is 4.09. The Morgan fingerprint density at radius 1 is 1.35 bits per heavy atom. The van der Waals surface area contributed by atoms with E-state index in [1.54, 1.807) is 11.3 Å². The van der Waals surface area contributed by atoms with Gasteiger partial charge in [0, 0.05) is 23.7 Å². The minimum Gasteiger partial charge on any atom is -0.459 e. The molecule has 3 rings (SSSR count). The maximum Gasteiger partial charge on any atom is 0.134 e. The molecule has 20 heavy (non-hydrogen) atoms. The van der Waals surface area contributed by atoms with E-state index >= 15 is 0 Å². The van der Waals surface area contributed by atoms with Gasteiger partial charge in [0.2, 0.25) is 0 Å². The first kappa shape index (κ1) is 13.3. The molecule has 104 valence electrons. The highest BCUT2D eigenvalue weighted by Crippen LogP contribution is 2.23. The molecule has 0 fully saturated rings. The van der Waals surface area contributed by atoms with Crippen LogP contribution < -0.4 is 5.32 Å². The Morgan fingerprint density at radius 3 is 2.95 bits per heavy atom. The molecule has 2 heterocycles. The van der Waals surface area contributed by atoms with Crippen molar-refractivity contribution in [3.8, 4) is 0 Å². The van der Waals surface area contributed by atoms with Crippen LogP contribution in [-0.4, -0.2) is 11.5 Å². The lowest BCUT2D eigenvalue weighted by Gasteiger charge is -2.10. The molecule has 0 amide bonds. The Morgan fingerprint density at radius 2 is 2.20 bits per heavy atom. The van der Waals surface area contributed by atoms with Crippen molar-refractivity contribution in [2.75, 3.05) is 6.54 Å². The Kier molecular flexibility index (Phi) is 3.85. The van der Waals surface area contributed by atoms with Crippen molar-refractivity contribution in [1.82, 2.24) is 10.3 Å². The summed E-state index contributed by atoms with van der Waals surface area (Å²) >= 11 is 1.71. The van der Waals surface area contributed by atoms with Gasteiger partial charge in [-0.05, 0) is 26.0 Å². The van der Waals surface area contributed by atoms with Crippen LogP contribution in [0.15, 0.2) is 40.1 Å². The molecule has 0 aliphatic heterocycles. The van der Waals surface area contributed by atoms with E-state index in [9.17, 15) is 0 Å². The molecule has 3 nitrogen and oxygen atoms in total. The van der Waals surface area contributed by atoms with Crippen molar-refractivity contribution in [1.29, 1.82) is 0 Å². The zero-order valence-electron chi connectivity index (χ0n) is 11.7. The first-order valence-electron chi connectivity index (χ1n) is 6.85. The summed E-state index contributed by atoms with van der Waals surface area (Å²) in [6.45, 7) is 5.07. The van der Waals surface area contributed by atoms with Gasteiger partial charge in [-0.25, -0.2) is 4.98 Å². The molecule has 4 heteroatoms. The maximum absolute atomic E-state index is 5.86. The van der Waals surface area contributed by atoms with E-state index < -0.39 is 0 Å². The SMILES string of the molecule is Cc1nc(CCNC(C)c2cc3ccccc3o2)cs1. The third-order valence-corrected chi connectivity index (χ3v) is 4.19. The molecule has 1 N–H and O–H groups in total. The van der Waals surface area contributed by atoms with E-state index in [0.717, 1.165) is 40.4 Å². The van der Waals surface area contributed by atoms with Gasteiger partial charge < -0.3 is 9.73 Å². The van der Waals surface area contributed by atoms with Gasteiger partial charge in [-0.1, -0.05) is 18.2 Å². The smallest absolute Gasteiger partial charge is 0.134 e. The van der Waals surface area contributed by atoms with Gasteiger partial charge in [-0.2, -0.15) is 0 Å². The molecule has 1 atom stereocenters. The second kappa shape index (κ2) is 5.77. The van der Waals surface area contributed by atoms with Crippen molar-refractivity contribution in [2.24, 2.45) is 0 Å². The number of hydrogen-bond acceptors (Lipinski definition) is 4. The summed E-state index contributed by atoms with van der Waals surface area (Å²) in [7, 11) is 0. The molecule has 1 unspecified atom stereocenters. The molecule has 0 spiro atoms. The quantitative estimate of drug-likeness (QED) is 0.767. The van der Waals surface area contributed by atoms with Crippen LogP contribution in [0.4, 0.5) is 0 Å². The number of nitrogens with one attached hydrogen (secondary N) is 1. The van der Waals surface area contributed by atoms with E-state index in [1.165, 1.54) is 0 Å². The second-order valence-corrected chi connectivity index (χ2v) is 6.03. The third kappa shape index (κ3) is 2.92. The van der Waals surface area contributed by atoms with Crippen LogP contribution in [-0.2, 0) is 6.42 Å². The van der Waals surface area contributed by atoms with Crippen molar-refractivity contribution >= 4 is 22.3 Å². The van der Waals surface area contributed by atoms with Gasteiger partial charge in [0.05, 0.1) is 16.7 Å². The first-order valence-corrected chi connectivity index (χ1v) is 7.73. The molecule has 3 aromatic rings. The number of thiazole rings is 1. The lowest BCUT2D eigenvalue weighted by molar-refractivity contribution is 0.453. The third-order valence-electron chi connectivity index (χ3n) is 3.37. The minimum absolute atomic E-state index is 0.210. The van der Waals surface area contributed by atoms with Crippen LogP contribution in [0, 0.1) is 6.92 Å². The minimum atomic E-state index is 0.210. The molecular weight excluding hydrogens is 268 g/mol. The van der Waals surface area contributed by atoms with Crippen LogP contribution in [0.1, 0.15) is 29.4 Å². The van der Waals surface area contributed by atoms with Crippen LogP contribution in [0.3, 0.4) is 0 Å². The van der Waals surface area contributed by atoms with E-state index in [4.69, 9.17) is 4.42 Å². The fourth-order valence-electron chi connectivity index (χ4n) is 2.26. The number of para-hydroxylation sites is 1. The molecule has 0 aliphatic carbocycles. The van der Waals surface area contributed by atoms with Crippen LogP contribution in [0.25, 0.3) is 11.0 Å². The van der Waals surface area contributed by atoms with E-state index in [-0.39, 0.29) is 6.04 Å². The zero-order chi connectivity index (χ0) is 13.9. The van der Waals surface area contributed by atoms with Gasteiger partial charge >= 0.3 is 0 Å². The molecule has 0 saturated heterocycles. The molecule has 0 aliphatic rings. The first-order chi connectivity index (χ1) is 9.72. The molecule has 1 aromatic carbocycles. The highest BCUT2D eigenvalue weighted by Gasteiger charge is 2.10. The summed E-state index contributed by atoms with van der Waals surface area (Å²) in [6.07, 6.45) is 0.953. The molecular formula is C16H18N2OS. The van der Waals surface area contributed by atoms with Crippen molar-refractivity contribution < 1.29 is 4.42 Å². The number of aromatic nitrogens is 1. The summed E-state index contributed by atoms with van der Waals surface area (Å²) in [6, 6.07) is 10.4. The number of benzene rings is 1. The van der Waals surface area contributed by atoms with Gasteiger partial charge in [-0.15, -0.1) is 11.3 Å². The highest BCUT2D eigenvalue weighted by atomic mass is 32.1. The summed E-state index contributed by atoms with van der Waals surface area (Å²) in [5.41, 5.74) is 2.11. The van der Waals surface area contributed by atoms with Crippen molar-refractivity contribution in [3.63, 3.8) is 0 Å². The summed E-state index contributed by atoms with van der Waals surface area (Å²) in [5, 5.41) is 7.90. The van der Waals surface area contributed by atoms with E-state index in [2.05, 4.69) is 34.7 Å². The number of hydrogen-bond donors (Lipinski definition) is 1. The maximum atomic E-state index is 5.86. The molecule has 0 radical (unpaired) electrons. The number of fused-ring (bicyclic) bond motifs is 1. The average Bonchev–Trinajstić information content (AvgIpc) is 3.04. The average molecular weight is 286 g/mol. The van der Waals surface area contributed by atoms with Gasteiger partial charge in [0.25, 0.3) is 0 Å². The summed E-state index contributed by atoms with van der Waals surface area (Å²) < 4.78 is 5.86. The largest absolute Gasteiger partial charge is 0.459 e. The Balaban J connectivity index is 1.59. The second-order valence-electron chi connectivity index (χ2n) is 4.97. The number of furan rings is 1. The lowest BCUT2D eigenvalue weighted by Crippen LogP contribution is -2.21. The van der Waals surface area contributed by atoms with Crippen LogP contribution >= 0.6 is 11.3 Å². The van der Waals surface area contributed by atoms with Gasteiger partial charge in [0.1, 0.15) is 11.3 Å². The number of aryl methyl sites for hydroxylation is 1. The Labute approximate surface area is 122 Å². The van der Waals surface area contributed by atoms with Crippen LogP contribution in [0.5, 0.6) is 0 Å². The van der Waals surface area contributed by atoms with Crippen molar-refractivity contribution in [3.05, 3.63) is 52.2 Å². The predicted molar refractivity (Wildman–Crippen MR) is 83.2 cm³/mol. The highest BCUT2D eigenvalue weighted by molar-refractivity contribution is 7.09. The number of nitrogens with zero attached hydrogens (tertiary/aromatic N) is 1. The number of rotatable bonds is 5. The zero-order valence-corrected chi connectivity index (χ0v) is 12.5. The van der Waals surface area contributed by atoms with Crippen molar-refractivity contribution in [2.45, 2.75) is 26.3 Å². The van der Waals surface area contributed by atoms with E-state index in [0.29, 0.717) is 0 Å². The summed E-state index contributed by atoms with van der Waals surface area (Å²) in [5.74, 6) is 0.987. The lowest BCUT2D eigenvalue weighted by atomic mass is 10.2. The Bertz CT molecular complexity index is 668. The normalized spacial score (nSPS) is 12.9.